The number of pyridine rings is 2. The summed E-state index contributed by atoms with van der Waals surface area (Å²) in [4.78, 5) is 0. The van der Waals surface area contributed by atoms with Gasteiger partial charge in [-0.15, -0.1) is 0 Å². The van der Waals surface area contributed by atoms with Gasteiger partial charge in [-0.05, 0) is 71.1 Å². The molecule has 0 amide bonds. The molecule has 3 aromatic heterocycles. The number of rotatable bonds is 2. The molecule has 0 unspecified atom stereocenters. The molecule has 178 valence electrons. The zero-order valence-corrected chi connectivity index (χ0v) is 23.7. The largest absolute Gasteiger partial charge is 0.308 e. The first kappa shape index (κ1) is 22.5. The number of aryl methyl sites for hydroxylation is 3. The van der Waals surface area contributed by atoms with Crippen molar-refractivity contribution >= 4 is 62.3 Å². The molecule has 35 heavy (non-hydrogen) atoms. The molecule has 0 aliphatic heterocycles. The normalized spacial score (nSPS) is 13.4. The molecule has 0 spiro atoms. The highest BCUT2D eigenvalue weighted by molar-refractivity contribution is 6.90. The average Bonchev–Trinajstić information content (AvgIpc) is 3.06. The number of hydrogen-bond acceptors (Lipinski definition) is 0. The molecule has 0 aliphatic rings. The van der Waals surface area contributed by atoms with Crippen LogP contribution in [0.3, 0.4) is 0 Å². The molecule has 0 bridgehead atoms. The predicted molar refractivity (Wildman–Crippen MR) is 155 cm³/mol. The number of hydrogen-bond donors (Lipinski definition) is 0. The van der Waals surface area contributed by atoms with E-state index in [2.05, 4.69) is 119 Å². The maximum Gasteiger partial charge on any atom is 0.224 e. The van der Waals surface area contributed by atoms with Gasteiger partial charge in [-0.3, -0.25) is 0 Å². The van der Waals surface area contributed by atoms with E-state index in [4.69, 9.17) is 0 Å². The fraction of sp³-hybridized carbons (Fsp3) is 0.344. The van der Waals surface area contributed by atoms with Crippen molar-refractivity contribution in [2.45, 2.75) is 60.7 Å². The molecule has 0 saturated carbocycles. The van der Waals surface area contributed by atoms with Crippen LogP contribution in [0.25, 0.3) is 49.0 Å². The number of benzene rings is 3. The van der Waals surface area contributed by atoms with Gasteiger partial charge in [-0.2, -0.15) is 0 Å². The summed E-state index contributed by atoms with van der Waals surface area (Å²) in [6.45, 7) is 19.0. The third-order valence-corrected chi connectivity index (χ3v) is 9.93. The molecule has 3 heteroatoms. The Bertz CT molecular complexity index is 1810. The Balaban J connectivity index is 1.98. The van der Waals surface area contributed by atoms with Crippen LogP contribution in [0.2, 0.25) is 19.6 Å². The van der Waals surface area contributed by atoms with Gasteiger partial charge in [0.25, 0.3) is 0 Å². The standard InChI is InChI=1S/C32H37N2Si/c1-19-16-24-23-17-21(18-32(3,4)5)10-12-25(23)34-29(24)27(20(19)2)31-28-22(14-15-33(31)6)11-13-26(30(28)34)35(7,8)9/h10-17H,18H2,1-9H3/q+1. The van der Waals surface area contributed by atoms with Crippen molar-refractivity contribution in [3.63, 3.8) is 0 Å². The average molecular weight is 478 g/mol. The maximum absolute atomic E-state index is 2.64. The summed E-state index contributed by atoms with van der Waals surface area (Å²) >= 11 is 0. The lowest BCUT2D eigenvalue weighted by Crippen LogP contribution is -2.39. The minimum absolute atomic E-state index is 0.262. The van der Waals surface area contributed by atoms with Crippen LogP contribution < -0.4 is 9.75 Å². The molecule has 2 nitrogen and oxygen atoms in total. The Morgan fingerprint density at radius 1 is 0.857 bits per heavy atom. The maximum atomic E-state index is 2.64. The van der Waals surface area contributed by atoms with Crippen LogP contribution in [0.1, 0.15) is 37.5 Å². The Kier molecular flexibility index (Phi) is 4.55. The van der Waals surface area contributed by atoms with Gasteiger partial charge in [-0.1, -0.05) is 58.6 Å². The van der Waals surface area contributed by atoms with E-state index in [0.29, 0.717) is 0 Å². The zero-order chi connectivity index (χ0) is 25.0. The highest BCUT2D eigenvalue weighted by atomic mass is 28.3. The Labute approximate surface area is 209 Å². The lowest BCUT2D eigenvalue weighted by molar-refractivity contribution is -0.643. The van der Waals surface area contributed by atoms with Gasteiger partial charge in [0.15, 0.2) is 6.20 Å². The van der Waals surface area contributed by atoms with Crippen LogP contribution in [-0.2, 0) is 13.5 Å². The van der Waals surface area contributed by atoms with E-state index in [1.807, 2.05) is 0 Å². The van der Waals surface area contributed by atoms with Crippen LogP contribution in [0.15, 0.2) is 48.7 Å². The lowest BCUT2D eigenvalue weighted by atomic mass is 9.87. The van der Waals surface area contributed by atoms with Crippen molar-refractivity contribution in [3.8, 4) is 0 Å². The minimum Gasteiger partial charge on any atom is -0.308 e. The first-order valence-corrected chi connectivity index (χ1v) is 16.4. The third-order valence-electron chi connectivity index (χ3n) is 7.92. The molecule has 0 saturated heterocycles. The number of fused-ring (bicyclic) bond motifs is 5. The van der Waals surface area contributed by atoms with Gasteiger partial charge in [0.05, 0.1) is 35.4 Å². The Morgan fingerprint density at radius 2 is 1.60 bits per heavy atom. The van der Waals surface area contributed by atoms with Gasteiger partial charge in [-0.25, -0.2) is 4.57 Å². The zero-order valence-electron chi connectivity index (χ0n) is 22.7. The molecule has 0 N–H and O–H groups in total. The van der Waals surface area contributed by atoms with E-state index in [1.165, 1.54) is 65.7 Å². The molecule has 6 rings (SSSR count). The van der Waals surface area contributed by atoms with Crippen molar-refractivity contribution in [1.82, 2.24) is 4.40 Å². The SMILES string of the molecule is Cc1cc2c3cc(CC(C)(C)C)ccc3n3c4c([Si](C)(C)C)ccc5cc[n+](C)c(c(c1C)c23)c54. The fourth-order valence-corrected chi connectivity index (χ4v) is 7.81. The highest BCUT2D eigenvalue weighted by Gasteiger charge is 2.29. The second-order valence-electron chi connectivity index (χ2n) is 13.0. The van der Waals surface area contributed by atoms with Crippen LogP contribution in [-0.4, -0.2) is 12.5 Å². The summed E-state index contributed by atoms with van der Waals surface area (Å²) in [5.41, 5.74) is 9.97. The van der Waals surface area contributed by atoms with Crippen molar-refractivity contribution in [2.75, 3.05) is 0 Å². The molecule has 0 fully saturated rings. The topological polar surface area (TPSA) is 8.29 Å². The summed E-state index contributed by atoms with van der Waals surface area (Å²) in [5.74, 6) is 0. The summed E-state index contributed by atoms with van der Waals surface area (Å²) in [6, 6.07) is 16.7. The van der Waals surface area contributed by atoms with E-state index in [9.17, 15) is 0 Å². The van der Waals surface area contributed by atoms with Crippen molar-refractivity contribution in [2.24, 2.45) is 12.5 Å². The molecular formula is C32H37N2Si+. The van der Waals surface area contributed by atoms with Crippen molar-refractivity contribution in [3.05, 3.63) is 65.4 Å². The molecule has 0 radical (unpaired) electrons. The smallest absolute Gasteiger partial charge is 0.224 e. The van der Waals surface area contributed by atoms with E-state index in [1.54, 1.807) is 5.19 Å². The summed E-state index contributed by atoms with van der Waals surface area (Å²) < 4.78 is 4.99. The van der Waals surface area contributed by atoms with E-state index >= 15 is 0 Å². The third kappa shape index (κ3) is 3.17. The second kappa shape index (κ2) is 7.07. The Hall–Kier alpha value is -2.91. The summed E-state index contributed by atoms with van der Waals surface area (Å²) in [7, 11) is 0.597. The van der Waals surface area contributed by atoms with Gasteiger partial charge >= 0.3 is 0 Å². The van der Waals surface area contributed by atoms with Crippen molar-refractivity contribution in [1.29, 1.82) is 0 Å². The predicted octanol–water partition coefficient (Wildman–Crippen LogP) is 7.57. The molecular weight excluding hydrogens is 440 g/mol. The molecule has 3 aromatic carbocycles. The van der Waals surface area contributed by atoms with Crippen LogP contribution in [0.4, 0.5) is 0 Å². The second-order valence-corrected chi connectivity index (χ2v) is 18.0. The fourth-order valence-electron chi connectivity index (χ4n) is 6.28. The highest BCUT2D eigenvalue weighted by Crippen LogP contribution is 2.42. The molecule has 0 aliphatic carbocycles. The Morgan fingerprint density at radius 3 is 2.29 bits per heavy atom. The van der Waals surface area contributed by atoms with Gasteiger partial charge < -0.3 is 4.40 Å². The van der Waals surface area contributed by atoms with Crippen LogP contribution in [0, 0.1) is 19.3 Å². The van der Waals surface area contributed by atoms with Gasteiger partial charge in [0.1, 0.15) is 7.05 Å². The minimum atomic E-state index is -1.62. The van der Waals surface area contributed by atoms with E-state index in [-0.39, 0.29) is 5.41 Å². The first-order valence-electron chi connectivity index (χ1n) is 12.9. The summed E-state index contributed by atoms with van der Waals surface area (Å²) in [6.07, 6.45) is 3.32. The molecule has 6 aromatic rings. The van der Waals surface area contributed by atoms with Crippen LogP contribution >= 0.6 is 0 Å². The van der Waals surface area contributed by atoms with Crippen molar-refractivity contribution < 1.29 is 4.57 Å². The summed E-state index contributed by atoms with van der Waals surface area (Å²) in [5, 5.41) is 8.47. The first-order chi connectivity index (χ1) is 16.4. The molecule has 0 atom stereocenters. The molecule has 3 heterocycles. The monoisotopic (exact) mass is 477 g/mol. The number of nitrogens with zero attached hydrogens (tertiary/aromatic N) is 2. The number of aromatic nitrogens is 2. The van der Waals surface area contributed by atoms with Crippen LogP contribution in [0.5, 0.6) is 0 Å². The van der Waals surface area contributed by atoms with E-state index in [0.717, 1.165) is 6.42 Å². The lowest BCUT2D eigenvalue weighted by Gasteiger charge is -2.22. The van der Waals surface area contributed by atoms with Gasteiger partial charge in [0.2, 0.25) is 5.52 Å². The van der Waals surface area contributed by atoms with E-state index < -0.39 is 8.07 Å². The van der Waals surface area contributed by atoms with Gasteiger partial charge in [0, 0.05) is 16.8 Å². The quantitative estimate of drug-likeness (QED) is 0.105.